The van der Waals surface area contributed by atoms with E-state index in [4.69, 9.17) is 4.43 Å². The summed E-state index contributed by atoms with van der Waals surface area (Å²) in [6.45, 7) is 3.07. The van der Waals surface area contributed by atoms with Crippen molar-refractivity contribution in [2.75, 3.05) is 6.61 Å². The first kappa shape index (κ1) is 28.2. The number of allylic oxidation sites excluding steroid dienone is 2. The smallest absolute Gasteiger partial charge is 0.288 e. The van der Waals surface area contributed by atoms with Crippen LogP contribution in [0.25, 0.3) is 0 Å². The van der Waals surface area contributed by atoms with Crippen LogP contribution in [-0.4, -0.2) is 14.9 Å². The lowest BCUT2D eigenvalue weighted by Crippen LogP contribution is -2.69. The third kappa shape index (κ3) is 8.91. The fourth-order valence-electron chi connectivity index (χ4n) is 4.99. The summed E-state index contributed by atoms with van der Waals surface area (Å²) >= 11 is 0. The predicted octanol–water partition coefficient (Wildman–Crippen LogP) is 7.93. The summed E-state index contributed by atoms with van der Waals surface area (Å²) in [6.07, 6.45) is 20.6. The van der Waals surface area contributed by atoms with E-state index >= 15 is 0 Å². The van der Waals surface area contributed by atoms with Crippen molar-refractivity contribution in [3.8, 4) is 0 Å². The minimum absolute atomic E-state index is 0.788. The quantitative estimate of drug-likeness (QED) is 0.0749. The Kier molecular flexibility index (Phi) is 13.4. The van der Waals surface area contributed by atoms with E-state index in [1.54, 1.807) is 0 Å². The summed E-state index contributed by atoms with van der Waals surface area (Å²) in [5.41, 5.74) is 0. The van der Waals surface area contributed by atoms with Crippen LogP contribution < -0.4 is 15.6 Å². The first-order valence-electron chi connectivity index (χ1n) is 14.3. The van der Waals surface area contributed by atoms with Gasteiger partial charge in [0, 0.05) is 6.61 Å². The van der Waals surface area contributed by atoms with Gasteiger partial charge < -0.3 is 4.43 Å². The first-order chi connectivity index (χ1) is 17.9. The highest BCUT2D eigenvalue weighted by atomic mass is 28.4. The van der Waals surface area contributed by atoms with Crippen LogP contribution in [0.1, 0.15) is 84.0 Å². The maximum absolute atomic E-state index is 7.01. The average Bonchev–Trinajstić information content (AvgIpc) is 2.94. The highest BCUT2D eigenvalue weighted by molar-refractivity contribution is 7.07. The fraction of sp³-hybridized carbons (Fsp3) is 0.412. The lowest BCUT2D eigenvalue weighted by Gasteiger charge is -2.33. The van der Waals surface area contributed by atoms with Crippen LogP contribution in [0.5, 0.6) is 0 Å². The van der Waals surface area contributed by atoms with Gasteiger partial charge in [-0.05, 0) is 47.7 Å². The van der Waals surface area contributed by atoms with Crippen LogP contribution in [-0.2, 0) is 4.43 Å². The zero-order valence-corrected chi connectivity index (χ0v) is 23.4. The van der Waals surface area contributed by atoms with E-state index in [1.165, 1.54) is 79.8 Å². The molecule has 0 N–H and O–H groups in total. The Morgan fingerprint density at radius 1 is 0.500 bits per heavy atom. The summed E-state index contributed by atoms with van der Waals surface area (Å²) in [7, 11) is -2.55. The minimum Gasteiger partial charge on any atom is -0.404 e. The molecule has 0 radical (unpaired) electrons. The standard InChI is InChI=1S/C34H46OSi/c1-2-3-4-5-6-7-8-9-10-11-12-13-14-24-31-35-36(32-25-18-15-19-26-32,33-27-20-16-21-28-33)34-29-22-17-23-30-34/h11-12,15-23,25-30H,2-10,13-14,24,31H2,1H3/b12-11-. The average molecular weight is 499 g/mol. The maximum atomic E-state index is 7.01. The Bertz CT molecular complexity index is 856. The van der Waals surface area contributed by atoms with Crippen molar-refractivity contribution < 1.29 is 4.43 Å². The van der Waals surface area contributed by atoms with Gasteiger partial charge in [-0.25, -0.2) is 0 Å². The second-order valence-electron chi connectivity index (χ2n) is 9.86. The molecule has 0 amide bonds. The summed E-state index contributed by atoms with van der Waals surface area (Å²) in [5, 5.41) is 3.94. The van der Waals surface area contributed by atoms with Crippen LogP contribution in [0.15, 0.2) is 103 Å². The molecule has 36 heavy (non-hydrogen) atoms. The summed E-state index contributed by atoms with van der Waals surface area (Å²) in [5.74, 6) is 0. The van der Waals surface area contributed by atoms with Crippen molar-refractivity contribution >= 4 is 23.9 Å². The van der Waals surface area contributed by atoms with Gasteiger partial charge in [-0.2, -0.15) is 0 Å². The molecule has 3 rings (SSSR count). The monoisotopic (exact) mass is 498 g/mol. The number of rotatable bonds is 18. The van der Waals surface area contributed by atoms with Crippen LogP contribution in [0.2, 0.25) is 0 Å². The van der Waals surface area contributed by atoms with Gasteiger partial charge in [0.05, 0.1) is 0 Å². The number of hydrogen-bond donors (Lipinski definition) is 0. The van der Waals surface area contributed by atoms with Gasteiger partial charge in [-0.3, -0.25) is 0 Å². The van der Waals surface area contributed by atoms with Crippen molar-refractivity contribution in [1.29, 1.82) is 0 Å². The fourth-order valence-corrected chi connectivity index (χ4v) is 8.93. The van der Waals surface area contributed by atoms with Crippen molar-refractivity contribution in [2.24, 2.45) is 0 Å². The third-order valence-corrected chi connectivity index (χ3v) is 11.1. The summed E-state index contributed by atoms with van der Waals surface area (Å²) < 4.78 is 7.01. The lowest BCUT2D eigenvalue weighted by molar-refractivity contribution is 0.312. The van der Waals surface area contributed by atoms with Crippen molar-refractivity contribution in [3.63, 3.8) is 0 Å². The molecule has 3 aromatic rings. The third-order valence-electron chi connectivity index (χ3n) is 7.02. The highest BCUT2D eigenvalue weighted by Crippen LogP contribution is 2.12. The second-order valence-corrected chi connectivity index (χ2v) is 13.2. The van der Waals surface area contributed by atoms with E-state index in [0.29, 0.717) is 0 Å². The molecule has 0 heterocycles. The lowest BCUT2D eigenvalue weighted by atomic mass is 10.1. The van der Waals surface area contributed by atoms with Crippen LogP contribution in [0, 0.1) is 0 Å². The molecule has 1 nitrogen and oxygen atoms in total. The van der Waals surface area contributed by atoms with Crippen molar-refractivity contribution in [3.05, 3.63) is 103 Å². The number of benzene rings is 3. The van der Waals surface area contributed by atoms with Gasteiger partial charge in [0.2, 0.25) is 0 Å². The van der Waals surface area contributed by atoms with E-state index in [-0.39, 0.29) is 0 Å². The Hall–Kier alpha value is -2.42. The molecule has 2 heteroatoms. The SMILES string of the molecule is CCCCCCCCCC/C=C\CCCCO[Si](c1ccccc1)(c1ccccc1)c1ccccc1. The molecule has 0 saturated heterocycles. The Morgan fingerprint density at radius 2 is 0.889 bits per heavy atom. The van der Waals surface area contributed by atoms with Crippen LogP contribution >= 0.6 is 0 Å². The van der Waals surface area contributed by atoms with E-state index in [2.05, 4.69) is 110 Å². The molecular formula is C34H46OSi. The summed E-state index contributed by atoms with van der Waals surface area (Å²) in [4.78, 5) is 0. The van der Waals surface area contributed by atoms with Gasteiger partial charge in [-0.1, -0.05) is 155 Å². The van der Waals surface area contributed by atoms with E-state index in [0.717, 1.165) is 19.4 Å². The van der Waals surface area contributed by atoms with Gasteiger partial charge in [0.25, 0.3) is 8.32 Å². The van der Waals surface area contributed by atoms with E-state index in [9.17, 15) is 0 Å². The normalized spacial score (nSPS) is 11.8. The summed E-state index contributed by atoms with van der Waals surface area (Å²) in [6, 6.07) is 32.6. The second kappa shape index (κ2) is 17.1. The molecule has 0 aromatic heterocycles. The number of hydrogen-bond acceptors (Lipinski definition) is 1. The zero-order valence-electron chi connectivity index (χ0n) is 22.4. The molecule has 0 bridgehead atoms. The van der Waals surface area contributed by atoms with Crippen molar-refractivity contribution in [1.82, 2.24) is 0 Å². The van der Waals surface area contributed by atoms with Gasteiger partial charge in [-0.15, -0.1) is 0 Å². The van der Waals surface area contributed by atoms with Crippen LogP contribution in [0.3, 0.4) is 0 Å². The Labute approximate surface area is 221 Å². The predicted molar refractivity (Wildman–Crippen MR) is 160 cm³/mol. The molecule has 0 atom stereocenters. The van der Waals surface area contributed by atoms with E-state index in [1.807, 2.05) is 0 Å². The Balaban J connectivity index is 1.49. The van der Waals surface area contributed by atoms with Gasteiger partial charge in [0.1, 0.15) is 0 Å². The van der Waals surface area contributed by atoms with Gasteiger partial charge in [0.15, 0.2) is 0 Å². The molecule has 0 aliphatic carbocycles. The topological polar surface area (TPSA) is 9.23 Å². The molecule has 0 unspecified atom stereocenters. The molecule has 0 fully saturated rings. The van der Waals surface area contributed by atoms with E-state index < -0.39 is 8.32 Å². The van der Waals surface area contributed by atoms with Crippen LogP contribution in [0.4, 0.5) is 0 Å². The highest BCUT2D eigenvalue weighted by Gasteiger charge is 2.41. The molecule has 0 spiro atoms. The first-order valence-corrected chi connectivity index (χ1v) is 16.2. The molecule has 0 aliphatic rings. The van der Waals surface area contributed by atoms with Crippen molar-refractivity contribution in [2.45, 2.75) is 84.0 Å². The molecular weight excluding hydrogens is 452 g/mol. The molecule has 0 aliphatic heterocycles. The van der Waals surface area contributed by atoms with Gasteiger partial charge >= 0.3 is 0 Å². The number of unbranched alkanes of at least 4 members (excludes halogenated alkanes) is 10. The molecule has 3 aromatic carbocycles. The maximum Gasteiger partial charge on any atom is 0.288 e. The Morgan fingerprint density at radius 3 is 1.33 bits per heavy atom. The minimum atomic E-state index is -2.55. The molecule has 192 valence electrons. The molecule has 0 saturated carbocycles. The largest absolute Gasteiger partial charge is 0.404 e. The zero-order chi connectivity index (χ0) is 25.2.